The molecule has 19 heavy (non-hydrogen) atoms. The van der Waals surface area contributed by atoms with Gasteiger partial charge in [0.1, 0.15) is 5.82 Å². The summed E-state index contributed by atoms with van der Waals surface area (Å²) in [6.07, 6.45) is 0.880. The number of nitrogens with zero attached hydrogens (tertiary/aromatic N) is 2. The van der Waals surface area contributed by atoms with Crippen LogP contribution in [0.3, 0.4) is 0 Å². The van der Waals surface area contributed by atoms with Crippen molar-refractivity contribution in [2.45, 2.75) is 13.0 Å². The molecule has 1 aliphatic heterocycles. The van der Waals surface area contributed by atoms with E-state index in [1.54, 1.807) is 16.8 Å². The topological polar surface area (TPSA) is 72.1 Å². The summed E-state index contributed by atoms with van der Waals surface area (Å²) in [4.78, 5) is 12.1. The van der Waals surface area contributed by atoms with Crippen LogP contribution in [0.4, 0.5) is 5.82 Å². The van der Waals surface area contributed by atoms with E-state index in [9.17, 15) is 4.79 Å². The molecule has 0 aliphatic carbocycles. The molecule has 0 atom stereocenters. The Hall–Kier alpha value is -1.60. The van der Waals surface area contributed by atoms with Crippen LogP contribution in [-0.2, 0) is 20.0 Å². The second kappa shape index (κ2) is 4.82. The molecule has 0 radical (unpaired) electrons. The van der Waals surface area contributed by atoms with Crippen molar-refractivity contribution in [1.82, 2.24) is 15.1 Å². The van der Waals surface area contributed by atoms with Gasteiger partial charge in [-0.1, -0.05) is 0 Å². The maximum Gasteiger partial charge on any atom is 0.292 e. The highest BCUT2D eigenvalue weighted by atomic mass is 79.9. The number of hydrogen-bond acceptors (Lipinski definition) is 4. The molecule has 0 aromatic carbocycles. The maximum atomic E-state index is 12.1. The summed E-state index contributed by atoms with van der Waals surface area (Å²) in [5.41, 5.74) is 2.09. The van der Waals surface area contributed by atoms with Gasteiger partial charge < -0.3 is 15.1 Å². The fourth-order valence-corrected chi connectivity index (χ4v) is 2.50. The predicted molar refractivity (Wildman–Crippen MR) is 73.0 cm³/mol. The zero-order chi connectivity index (χ0) is 13.4. The Balaban J connectivity index is 1.87. The summed E-state index contributed by atoms with van der Waals surface area (Å²) in [5, 5.41) is 10.6. The molecule has 2 aromatic heterocycles. The number of fused-ring (bicyclic) bond motifs is 1. The van der Waals surface area contributed by atoms with Gasteiger partial charge in [0.25, 0.3) is 5.91 Å². The number of nitrogens with one attached hydrogen (secondary N) is 2. The van der Waals surface area contributed by atoms with E-state index in [2.05, 4.69) is 31.7 Å². The first-order chi connectivity index (χ1) is 9.15. The van der Waals surface area contributed by atoms with Gasteiger partial charge in [0.2, 0.25) is 0 Å². The molecule has 0 fully saturated rings. The van der Waals surface area contributed by atoms with Gasteiger partial charge in [0, 0.05) is 32.1 Å². The molecule has 1 aliphatic rings. The number of anilines is 1. The Kier molecular flexibility index (Phi) is 3.16. The first kappa shape index (κ1) is 12.4. The quantitative estimate of drug-likeness (QED) is 0.881. The Labute approximate surface area is 118 Å². The summed E-state index contributed by atoms with van der Waals surface area (Å²) in [6, 6.07) is 3.32. The minimum atomic E-state index is -0.276. The molecule has 0 spiro atoms. The van der Waals surface area contributed by atoms with Gasteiger partial charge in [-0.05, 0) is 28.1 Å². The maximum absolute atomic E-state index is 12.1. The Morgan fingerprint density at radius 2 is 2.42 bits per heavy atom. The van der Waals surface area contributed by atoms with Crippen LogP contribution in [-0.4, -0.2) is 22.2 Å². The number of amides is 1. The summed E-state index contributed by atoms with van der Waals surface area (Å²) in [5.74, 6) is 0.715. The smallest absolute Gasteiger partial charge is 0.292 e. The lowest BCUT2D eigenvalue weighted by Gasteiger charge is -2.13. The van der Waals surface area contributed by atoms with Crippen molar-refractivity contribution < 1.29 is 9.21 Å². The predicted octanol–water partition coefficient (Wildman–Crippen LogP) is 1.67. The number of carbonyl (C=O) groups excluding carboxylic acids is 1. The van der Waals surface area contributed by atoms with Gasteiger partial charge in [0.15, 0.2) is 10.4 Å². The van der Waals surface area contributed by atoms with E-state index in [0.29, 0.717) is 4.67 Å². The van der Waals surface area contributed by atoms with E-state index in [4.69, 9.17) is 4.42 Å². The van der Waals surface area contributed by atoms with Crippen LogP contribution in [0.25, 0.3) is 0 Å². The first-order valence-corrected chi connectivity index (χ1v) is 6.76. The Morgan fingerprint density at radius 3 is 3.16 bits per heavy atom. The van der Waals surface area contributed by atoms with Crippen LogP contribution in [0.2, 0.25) is 0 Å². The fraction of sp³-hybridized carbons (Fsp3) is 0.333. The van der Waals surface area contributed by atoms with Crippen LogP contribution >= 0.6 is 15.9 Å². The van der Waals surface area contributed by atoms with Crippen molar-refractivity contribution in [3.8, 4) is 0 Å². The molecule has 0 unspecified atom stereocenters. The lowest BCUT2D eigenvalue weighted by Crippen LogP contribution is -2.24. The summed E-state index contributed by atoms with van der Waals surface area (Å²) >= 11 is 3.18. The van der Waals surface area contributed by atoms with Crippen molar-refractivity contribution in [1.29, 1.82) is 0 Å². The van der Waals surface area contributed by atoms with E-state index in [-0.39, 0.29) is 11.7 Å². The molecule has 6 nitrogen and oxygen atoms in total. The molecule has 3 heterocycles. The summed E-state index contributed by atoms with van der Waals surface area (Å²) in [6.45, 7) is 1.64. The molecule has 7 heteroatoms. The second-order valence-electron chi connectivity index (χ2n) is 4.38. The van der Waals surface area contributed by atoms with Gasteiger partial charge in [-0.15, -0.1) is 0 Å². The standard InChI is InChI=1S/C12H13BrN4O2/c1-17-11(7-6-14-5-4-8(7)16-17)15-12(18)9-2-3-10(13)19-9/h2-3,14H,4-6H2,1H3,(H,15,18). The lowest BCUT2D eigenvalue weighted by molar-refractivity contribution is 0.0994. The first-order valence-electron chi connectivity index (χ1n) is 5.97. The number of aryl methyl sites for hydroxylation is 1. The molecule has 1 amide bonds. The highest BCUT2D eigenvalue weighted by molar-refractivity contribution is 9.10. The Bertz CT molecular complexity index is 632. The number of hydrogen-bond donors (Lipinski definition) is 2. The third kappa shape index (κ3) is 2.31. The van der Waals surface area contributed by atoms with Crippen LogP contribution in [0.5, 0.6) is 0 Å². The molecular weight excluding hydrogens is 312 g/mol. The molecule has 2 aromatic rings. The van der Waals surface area contributed by atoms with Crippen molar-refractivity contribution in [2.75, 3.05) is 11.9 Å². The summed E-state index contributed by atoms with van der Waals surface area (Å²) in [7, 11) is 1.83. The third-order valence-corrected chi connectivity index (χ3v) is 3.52. The minimum absolute atomic E-state index is 0.269. The Morgan fingerprint density at radius 1 is 1.58 bits per heavy atom. The summed E-state index contributed by atoms with van der Waals surface area (Å²) < 4.78 is 7.47. The zero-order valence-corrected chi connectivity index (χ0v) is 12.0. The monoisotopic (exact) mass is 324 g/mol. The van der Waals surface area contributed by atoms with E-state index < -0.39 is 0 Å². The zero-order valence-electron chi connectivity index (χ0n) is 10.4. The van der Waals surface area contributed by atoms with E-state index in [1.807, 2.05) is 7.05 Å². The average Bonchev–Trinajstić information content (AvgIpc) is 2.95. The molecule has 2 N–H and O–H groups in total. The highest BCUT2D eigenvalue weighted by Gasteiger charge is 2.21. The number of rotatable bonds is 2. The molecular formula is C12H13BrN4O2. The van der Waals surface area contributed by atoms with Crippen molar-refractivity contribution in [2.24, 2.45) is 7.05 Å². The largest absolute Gasteiger partial charge is 0.444 e. The van der Waals surface area contributed by atoms with E-state index >= 15 is 0 Å². The van der Waals surface area contributed by atoms with Crippen LogP contribution in [0, 0.1) is 0 Å². The molecule has 3 rings (SSSR count). The minimum Gasteiger partial charge on any atom is -0.444 e. The number of halogens is 1. The normalized spacial score (nSPS) is 14.2. The molecule has 0 bridgehead atoms. The van der Waals surface area contributed by atoms with Crippen molar-refractivity contribution in [3.63, 3.8) is 0 Å². The molecule has 0 saturated heterocycles. The highest BCUT2D eigenvalue weighted by Crippen LogP contribution is 2.23. The van der Waals surface area contributed by atoms with Gasteiger partial charge in [-0.25, -0.2) is 0 Å². The van der Waals surface area contributed by atoms with Gasteiger partial charge in [0.05, 0.1) is 5.69 Å². The van der Waals surface area contributed by atoms with Crippen molar-refractivity contribution in [3.05, 3.63) is 33.8 Å². The van der Waals surface area contributed by atoms with Gasteiger partial charge in [-0.2, -0.15) is 5.10 Å². The van der Waals surface area contributed by atoms with Gasteiger partial charge >= 0.3 is 0 Å². The lowest BCUT2D eigenvalue weighted by atomic mass is 10.1. The third-order valence-electron chi connectivity index (χ3n) is 3.10. The van der Waals surface area contributed by atoms with Gasteiger partial charge in [-0.3, -0.25) is 9.48 Å². The number of carbonyl (C=O) groups is 1. The fourth-order valence-electron chi connectivity index (χ4n) is 2.19. The number of aromatic nitrogens is 2. The van der Waals surface area contributed by atoms with E-state index in [1.165, 1.54) is 0 Å². The molecule has 0 saturated carbocycles. The average molecular weight is 325 g/mol. The second-order valence-corrected chi connectivity index (χ2v) is 5.16. The molecule has 100 valence electrons. The SMILES string of the molecule is Cn1nc2c(c1NC(=O)c1ccc(Br)o1)CNCC2. The number of furan rings is 1. The van der Waals surface area contributed by atoms with Crippen LogP contribution in [0.15, 0.2) is 21.2 Å². The van der Waals surface area contributed by atoms with Crippen molar-refractivity contribution >= 4 is 27.7 Å². The van der Waals surface area contributed by atoms with Crippen LogP contribution < -0.4 is 10.6 Å². The van der Waals surface area contributed by atoms with E-state index in [0.717, 1.165) is 36.6 Å². The van der Waals surface area contributed by atoms with Crippen LogP contribution in [0.1, 0.15) is 21.8 Å².